The summed E-state index contributed by atoms with van der Waals surface area (Å²) < 4.78 is 5.24. The van der Waals surface area contributed by atoms with Gasteiger partial charge in [-0.15, -0.1) is 0 Å². The van der Waals surface area contributed by atoms with Gasteiger partial charge in [0.1, 0.15) is 0 Å². The van der Waals surface area contributed by atoms with Gasteiger partial charge in [-0.2, -0.15) is 0 Å². The highest BCUT2D eigenvalue weighted by molar-refractivity contribution is 5.76. The highest BCUT2D eigenvalue weighted by Gasteiger charge is 2.15. The van der Waals surface area contributed by atoms with Gasteiger partial charge in [-0.3, -0.25) is 4.79 Å². The van der Waals surface area contributed by atoms with Gasteiger partial charge < -0.3 is 15.0 Å². The molecule has 1 heterocycles. The van der Waals surface area contributed by atoms with Crippen molar-refractivity contribution < 1.29 is 9.53 Å². The minimum Gasteiger partial charge on any atom is -0.385 e. The fourth-order valence-electron chi connectivity index (χ4n) is 2.36. The number of hydrogen-bond donors (Lipinski definition) is 1. The number of carbonyl (C=O) groups excluding carboxylic acids is 1. The van der Waals surface area contributed by atoms with E-state index in [0.29, 0.717) is 26.2 Å². The number of carbonyl (C=O) groups is 1. The number of morpholine rings is 1. The summed E-state index contributed by atoms with van der Waals surface area (Å²) in [6, 6.07) is 6.35. The van der Waals surface area contributed by atoms with Crippen molar-refractivity contribution in [1.82, 2.24) is 4.90 Å². The normalized spacial score (nSPS) is 15.4. The molecule has 4 heteroatoms. The molecule has 104 valence electrons. The van der Waals surface area contributed by atoms with Crippen LogP contribution in [-0.4, -0.2) is 43.7 Å². The molecule has 0 radical (unpaired) electrons. The molecular weight excluding hydrogens is 240 g/mol. The van der Waals surface area contributed by atoms with Crippen molar-refractivity contribution in [1.29, 1.82) is 0 Å². The molecule has 0 saturated carbocycles. The first-order chi connectivity index (χ1) is 9.15. The van der Waals surface area contributed by atoms with Crippen molar-refractivity contribution in [2.75, 3.05) is 38.2 Å². The number of ether oxygens (including phenoxy) is 1. The Hall–Kier alpha value is -1.55. The maximum absolute atomic E-state index is 12.0. The van der Waals surface area contributed by atoms with Crippen molar-refractivity contribution in [3.05, 3.63) is 29.3 Å². The first-order valence-corrected chi connectivity index (χ1v) is 6.83. The van der Waals surface area contributed by atoms with Crippen LogP contribution in [0.2, 0.25) is 0 Å². The molecule has 0 spiro atoms. The molecule has 4 nitrogen and oxygen atoms in total. The number of anilines is 1. The Balaban J connectivity index is 1.77. The zero-order valence-corrected chi connectivity index (χ0v) is 11.7. The number of hydrogen-bond acceptors (Lipinski definition) is 3. The zero-order valence-electron chi connectivity index (χ0n) is 11.7. The van der Waals surface area contributed by atoms with E-state index in [4.69, 9.17) is 4.74 Å². The molecule has 0 aliphatic carbocycles. The average Bonchev–Trinajstić information content (AvgIpc) is 2.38. The molecule has 0 atom stereocenters. The van der Waals surface area contributed by atoms with Crippen LogP contribution in [-0.2, 0) is 9.53 Å². The van der Waals surface area contributed by atoms with Crippen molar-refractivity contribution >= 4 is 11.6 Å². The highest BCUT2D eigenvalue weighted by atomic mass is 16.5. The lowest BCUT2D eigenvalue weighted by molar-refractivity contribution is -0.134. The molecule has 1 fully saturated rings. The third kappa shape index (κ3) is 4.24. The van der Waals surface area contributed by atoms with Crippen molar-refractivity contribution in [2.24, 2.45) is 0 Å². The lowest BCUT2D eigenvalue weighted by atomic mass is 10.1. The first-order valence-electron chi connectivity index (χ1n) is 6.83. The van der Waals surface area contributed by atoms with Gasteiger partial charge in [0.2, 0.25) is 5.91 Å². The largest absolute Gasteiger partial charge is 0.385 e. The molecule has 1 amide bonds. The van der Waals surface area contributed by atoms with E-state index in [2.05, 4.69) is 37.4 Å². The summed E-state index contributed by atoms with van der Waals surface area (Å²) in [6.07, 6.45) is 0.535. The third-order valence-corrected chi connectivity index (χ3v) is 3.25. The van der Waals surface area contributed by atoms with Crippen molar-refractivity contribution in [3.8, 4) is 0 Å². The van der Waals surface area contributed by atoms with Gasteiger partial charge in [0.05, 0.1) is 13.2 Å². The molecule has 1 aliphatic heterocycles. The number of rotatable bonds is 4. The maximum atomic E-state index is 12.0. The van der Waals surface area contributed by atoms with Crippen LogP contribution in [0.5, 0.6) is 0 Å². The van der Waals surface area contributed by atoms with E-state index in [-0.39, 0.29) is 5.91 Å². The zero-order chi connectivity index (χ0) is 13.7. The van der Waals surface area contributed by atoms with Gasteiger partial charge in [-0.05, 0) is 37.1 Å². The molecule has 19 heavy (non-hydrogen) atoms. The lowest BCUT2D eigenvalue weighted by Gasteiger charge is -2.26. The van der Waals surface area contributed by atoms with Crippen LogP contribution >= 0.6 is 0 Å². The van der Waals surface area contributed by atoms with Gasteiger partial charge >= 0.3 is 0 Å². The Bertz CT molecular complexity index is 420. The molecule has 2 rings (SSSR count). The molecule has 1 saturated heterocycles. The number of benzene rings is 1. The smallest absolute Gasteiger partial charge is 0.224 e. The predicted molar refractivity (Wildman–Crippen MR) is 76.4 cm³/mol. The first kappa shape index (κ1) is 13.9. The Kier molecular flexibility index (Phi) is 4.80. The second-order valence-corrected chi connectivity index (χ2v) is 5.05. The van der Waals surface area contributed by atoms with E-state index in [9.17, 15) is 4.79 Å². The van der Waals surface area contributed by atoms with Gasteiger partial charge in [0.15, 0.2) is 0 Å². The van der Waals surface area contributed by atoms with Crippen LogP contribution in [0, 0.1) is 13.8 Å². The second-order valence-electron chi connectivity index (χ2n) is 5.05. The molecule has 0 unspecified atom stereocenters. The Morgan fingerprint density at radius 1 is 1.21 bits per heavy atom. The van der Waals surface area contributed by atoms with Crippen molar-refractivity contribution in [2.45, 2.75) is 20.3 Å². The summed E-state index contributed by atoms with van der Waals surface area (Å²) in [5.41, 5.74) is 3.57. The predicted octanol–water partition coefficient (Wildman–Crippen LogP) is 1.96. The molecule has 1 aliphatic rings. The van der Waals surface area contributed by atoms with E-state index in [0.717, 1.165) is 18.8 Å². The van der Waals surface area contributed by atoms with Gasteiger partial charge in [0.25, 0.3) is 0 Å². The Labute approximate surface area is 114 Å². The summed E-state index contributed by atoms with van der Waals surface area (Å²) >= 11 is 0. The van der Waals surface area contributed by atoms with Crippen LogP contribution in [0.1, 0.15) is 17.5 Å². The Morgan fingerprint density at radius 3 is 2.47 bits per heavy atom. The fourth-order valence-corrected chi connectivity index (χ4v) is 2.36. The average molecular weight is 262 g/mol. The monoisotopic (exact) mass is 262 g/mol. The number of nitrogens with zero attached hydrogens (tertiary/aromatic N) is 1. The minimum atomic E-state index is 0.208. The molecule has 0 aromatic heterocycles. The minimum absolute atomic E-state index is 0.208. The number of aryl methyl sites for hydroxylation is 2. The van der Waals surface area contributed by atoms with Crippen molar-refractivity contribution in [3.63, 3.8) is 0 Å². The molecule has 0 bridgehead atoms. The third-order valence-electron chi connectivity index (χ3n) is 3.25. The van der Waals surface area contributed by atoms with Gasteiger partial charge in [0, 0.05) is 31.7 Å². The summed E-state index contributed by atoms with van der Waals surface area (Å²) in [6.45, 7) is 7.62. The SMILES string of the molecule is Cc1cc(C)cc(NCCC(=O)N2CCOCC2)c1. The van der Waals surface area contributed by atoms with E-state index < -0.39 is 0 Å². The molecule has 1 N–H and O–H groups in total. The van der Waals surface area contributed by atoms with Crippen LogP contribution in [0.4, 0.5) is 5.69 Å². The summed E-state index contributed by atoms with van der Waals surface area (Å²) in [7, 11) is 0. The second kappa shape index (κ2) is 6.57. The van der Waals surface area contributed by atoms with Crippen LogP contribution in [0.3, 0.4) is 0 Å². The summed E-state index contributed by atoms with van der Waals surface area (Å²) in [4.78, 5) is 13.8. The number of amides is 1. The lowest BCUT2D eigenvalue weighted by Crippen LogP contribution is -2.41. The van der Waals surface area contributed by atoms with Crippen LogP contribution in [0.25, 0.3) is 0 Å². The topological polar surface area (TPSA) is 41.6 Å². The quantitative estimate of drug-likeness (QED) is 0.902. The van der Waals surface area contributed by atoms with Crippen LogP contribution in [0.15, 0.2) is 18.2 Å². The number of nitrogens with one attached hydrogen (secondary N) is 1. The van der Waals surface area contributed by atoms with Crippen LogP contribution < -0.4 is 5.32 Å². The molecular formula is C15H22N2O2. The van der Waals surface area contributed by atoms with E-state index >= 15 is 0 Å². The fraction of sp³-hybridized carbons (Fsp3) is 0.533. The van der Waals surface area contributed by atoms with Gasteiger partial charge in [-0.25, -0.2) is 0 Å². The Morgan fingerprint density at radius 2 is 1.84 bits per heavy atom. The summed E-state index contributed by atoms with van der Waals surface area (Å²) in [5, 5.41) is 3.32. The highest BCUT2D eigenvalue weighted by Crippen LogP contribution is 2.13. The summed E-state index contributed by atoms with van der Waals surface area (Å²) in [5.74, 6) is 0.208. The maximum Gasteiger partial charge on any atom is 0.224 e. The van der Waals surface area contributed by atoms with E-state index in [1.54, 1.807) is 0 Å². The van der Waals surface area contributed by atoms with E-state index in [1.165, 1.54) is 11.1 Å². The van der Waals surface area contributed by atoms with E-state index in [1.807, 2.05) is 4.90 Å². The molecule has 1 aromatic rings. The molecule has 1 aromatic carbocycles. The van der Waals surface area contributed by atoms with Gasteiger partial charge in [-0.1, -0.05) is 6.07 Å². The standard InChI is InChI=1S/C15H22N2O2/c1-12-9-13(2)11-14(10-12)16-4-3-15(18)17-5-7-19-8-6-17/h9-11,16H,3-8H2,1-2H3.